The number of nitrogens with zero attached hydrogens (tertiary/aromatic N) is 2. The number of para-hydroxylation sites is 1. The molecule has 1 saturated carbocycles. The van der Waals surface area contributed by atoms with Crippen LogP contribution in [-0.4, -0.2) is 37.6 Å². The molecule has 1 aliphatic rings. The number of benzene rings is 1. The molecule has 0 saturated heterocycles. The molecule has 0 radical (unpaired) electrons. The van der Waals surface area contributed by atoms with Crippen LogP contribution in [0.1, 0.15) is 48.9 Å². The molecule has 2 unspecified atom stereocenters. The lowest BCUT2D eigenvalue weighted by atomic mass is 9.86. The normalized spacial score (nSPS) is 20.6. The van der Waals surface area contributed by atoms with Gasteiger partial charge in [0.15, 0.2) is 0 Å². The molecule has 0 aliphatic heterocycles. The predicted octanol–water partition coefficient (Wildman–Crippen LogP) is 2.33. The number of carboxylic acids is 1. The zero-order valence-corrected chi connectivity index (χ0v) is 15.4. The van der Waals surface area contributed by atoms with Gasteiger partial charge >= 0.3 is 5.97 Å². The number of aliphatic carboxylic acids is 1. The van der Waals surface area contributed by atoms with Crippen LogP contribution in [0.3, 0.4) is 0 Å². The minimum absolute atomic E-state index is 0.231. The monoisotopic (exact) mass is 382 g/mol. The van der Waals surface area contributed by atoms with Crippen molar-refractivity contribution in [1.82, 2.24) is 19.9 Å². The Balaban J connectivity index is 1.68. The summed E-state index contributed by atoms with van der Waals surface area (Å²) < 4.78 is 1.53. The van der Waals surface area contributed by atoms with Gasteiger partial charge in [-0.2, -0.15) is 5.10 Å². The fourth-order valence-electron chi connectivity index (χ4n) is 4.04. The fourth-order valence-corrected chi connectivity index (χ4v) is 4.04. The van der Waals surface area contributed by atoms with Crippen LogP contribution in [-0.2, 0) is 4.79 Å². The highest BCUT2D eigenvalue weighted by Crippen LogP contribution is 2.24. The van der Waals surface area contributed by atoms with E-state index >= 15 is 0 Å². The highest BCUT2D eigenvalue weighted by Gasteiger charge is 2.31. The van der Waals surface area contributed by atoms with Crippen molar-refractivity contribution < 1.29 is 14.7 Å². The van der Waals surface area contributed by atoms with Crippen molar-refractivity contribution >= 4 is 28.4 Å². The smallest absolute Gasteiger partial charge is 0.308 e. The van der Waals surface area contributed by atoms with E-state index in [-0.39, 0.29) is 11.1 Å². The number of amides is 1. The Kier molecular flexibility index (Phi) is 4.85. The van der Waals surface area contributed by atoms with Gasteiger partial charge in [0.1, 0.15) is 11.2 Å². The summed E-state index contributed by atoms with van der Waals surface area (Å²) in [5, 5.41) is 17.2. The quantitative estimate of drug-likeness (QED) is 0.643. The van der Waals surface area contributed by atoms with Crippen LogP contribution >= 0.6 is 0 Å². The van der Waals surface area contributed by atoms with Crippen molar-refractivity contribution in [3.8, 4) is 0 Å². The van der Waals surface area contributed by atoms with Gasteiger partial charge in [0.05, 0.1) is 23.0 Å². The van der Waals surface area contributed by atoms with Crippen LogP contribution < -0.4 is 10.9 Å². The zero-order chi connectivity index (χ0) is 19.7. The first kappa shape index (κ1) is 18.2. The number of hydrogen-bond donors (Lipinski definition) is 3. The van der Waals surface area contributed by atoms with Gasteiger partial charge in [0.2, 0.25) is 0 Å². The molecule has 8 heteroatoms. The molecule has 3 N–H and O–H groups in total. The maximum Gasteiger partial charge on any atom is 0.308 e. The van der Waals surface area contributed by atoms with E-state index < -0.39 is 23.8 Å². The van der Waals surface area contributed by atoms with Gasteiger partial charge < -0.3 is 15.4 Å². The number of hydrogen-bond acceptors (Lipinski definition) is 4. The summed E-state index contributed by atoms with van der Waals surface area (Å²) in [7, 11) is 0. The molecule has 3 aromatic rings. The average molecular weight is 382 g/mol. The molecule has 0 spiro atoms. The van der Waals surface area contributed by atoms with E-state index in [1.807, 2.05) is 0 Å². The van der Waals surface area contributed by atoms with E-state index in [0.29, 0.717) is 29.4 Å². The lowest BCUT2D eigenvalue weighted by molar-refractivity contribution is -0.143. The molecule has 0 bridgehead atoms. The largest absolute Gasteiger partial charge is 0.481 e. The molecular weight excluding hydrogens is 360 g/mol. The third-order valence-electron chi connectivity index (χ3n) is 5.52. The number of nitrogens with one attached hydrogen (secondary N) is 2. The molecule has 2 atom stereocenters. The summed E-state index contributed by atoms with van der Waals surface area (Å²) in [6.45, 7) is 0. The Labute approximate surface area is 160 Å². The zero-order valence-electron chi connectivity index (χ0n) is 15.4. The van der Waals surface area contributed by atoms with Crippen molar-refractivity contribution in [3.05, 3.63) is 46.4 Å². The van der Waals surface area contributed by atoms with Gasteiger partial charge in [-0.3, -0.25) is 14.4 Å². The van der Waals surface area contributed by atoms with Gasteiger partial charge in [-0.25, -0.2) is 4.52 Å². The second-order valence-electron chi connectivity index (χ2n) is 7.31. The molecule has 8 nitrogen and oxygen atoms in total. The van der Waals surface area contributed by atoms with E-state index in [9.17, 15) is 19.5 Å². The van der Waals surface area contributed by atoms with Crippen molar-refractivity contribution in [2.45, 2.75) is 44.6 Å². The second-order valence-corrected chi connectivity index (χ2v) is 7.31. The first-order chi connectivity index (χ1) is 13.6. The summed E-state index contributed by atoms with van der Waals surface area (Å²) in [5.41, 5.74) is 0.842. The lowest BCUT2D eigenvalue weighted by Gasteiger charge is -2.27. The molecule has 1 aromatic carbocycles. The number of carboxylic acid groups (broad SMARTS) is 1. The summed E-state index contributed by atoms with van der Waals surface area (Å²) >= 11 is 0. The fraction of sp³-hybridized carbons (Fsp3) is 0.400. The van der Waals surface area contributed by atoms with Crippen LogP contribution in [0.15, 0.2) is 35.3 Å². The Hall–Kier alpha value is -3.16. The molecule has 28 heavy (non-hydrogen) atoms. The van der Waals surface area contributed by atoms with E-state index in [0.717, 1.165) is 25.7 Å². The number of rotatable bonds is 3. The van der Waals surface area contributed by atoms with E-state index in [1.165, 1.54) is 10.7 Å². The van der Waals surface area contributed by atoms with Gasteiger partial charge in [-0.05, 0) is 25.0 Å². The topological polar surface area (TPSA) is 117 Å². The number of fused-ring (bicyclic) bond motifs is 3. The Morgan fingerprint density at radius 2 is 1.89 bits per heavy atom. The molecule has 1 aliphatic carbocycles. The Bertz CT molecular complexity index is 1100. The highest BCUT2D eigenvalue weighted by atomic mass is 16.4. The second kappa shape index (κ2) is 7.46. The molecule has 146 valence electrons. The first-order valence-electron chi connectivity index (χ1n) is 9.58. The highest BCUT2D eigenvalue weighted by molar-refractivity contribution is 6.01. The van der Waals surface area contributed by atoms with Gasteiger partial charge in [0, 0.05) is 6.04 Å². The minimum atomic E-state index is -0.883. The average Bonchev–Trinajstić information content (AvgIpc) is 3.08. The van der Waals surface area contributed by atoms with Crippen LogP contribution in [0.4, 0.5) is 0 Å². The first-order valence-corrected chi connectivity index (χ1v) is 9.58. The van der Waals surface area contributed by atoms with Crippen molar-refractivity contribution in [2.75, 3.05) is 0 Å². The molecule has 2 aromatic heterocycles. The van der Waals surface area contributed by atoms with Crippen LogP contribution in [0, 0.1) is 5.92 Å². The van der Waals surface area contributed by atoms with Gasteiger partial charge in [-0.1, -0.05) is 37.8 Å². The molecule has 4 rings (SSSR count). The molecule has 1 amide bonds. The van der Waals surface area contributed by atoms with Gasteiger partial charge in [0.25, 0.3) is 11.5 Å². The minimum Gasteiger partial charge on any atom is -0.481 e. The summed E-state index contributed by atoms with van der Waals surface area (Å²) in [6.07, 6.45) is 6.37. The standard InChI is InChI=1S/C20H22N4O4/c25-18-13-8-5-6-10-16(13)24-17(23-18)14(11-21-24)19(26)22-15-9-4-2-1-3-7-12(15)20(27)28/h5-6,8,10-12,15H,1-4,7,9H2,(H,22,26)(H,23,25)(H,27,28). The third kappa shape index (κ3) is 3.26. The number of aromatic nitrogens is 3. The van der Waals surface area contributed by atoms with Crippen LogP contribution in [0.2, 0.25) is 0 Å². The molecule has 2 heterocycles. The van der Waals surface area contributed by atoms with Crippen LogP contribution in [0.25, 0.3) is 16.6 Å². The number of H-pyrrole nitrogens is 1. The molecular formula is C20H22N4O4. The SMILES string of the molecule is O=C(NC1CCCCCCC1C(=O)O)c1cnn2c1[nH]c(=O)c1ccccc12. The summed E-state index contributed by atoms with van der Waals surface area (Å²) in [6, 6.07) is 6.59. The lowest BCUT2D eigenvalue weighted by Crippen LogP contribution is -2.44. The number of carbonyl (C=O) groups is 2. The van der Waals surface area contributed by atoms with E-state index in [1.54, 1.807) is 24.3 Å². The Morgan fingerprint density at radius 3 is 2.68 bits per heavy atom. The predicted molar refractivity (Wildman–Crippen MR) is 103 cm³/mol. The van der Waals surface area contributed by atoms with Crippen LogP contribution in [0.5, 0.6) is 0 Å². The van der Waals surface area contributed by atoms with Crippen molar-refractivity contribution in [3.63, 3.8) is 0 Å². The number of carbonyl (C=O) groups excluding carboxylic acids is 1. The van der Waals surface area contributed by atoms with Crippen molar-refractivity contribution in [2.24, 2.45) is 5.92 Å². The maximum absolute atomic E-state index is 12.9. The maximum atomic E-state index is 12.9. The Morgan fingerprint density at radius 1 is 1.14 bits per heavy atom. The van der Waals surface area contributed by atoms with E-state index in [2.05, 4.69) is 15.4 Å². The summed E-state index contributed by atoms with van der Waals surface area (Å²) in [5.74, 6) is -1.91. The number of aromatic amines is 1. The molecule has 1 fully saturated rings. The summed E-state index contributed by atoms with van der Waals surface area (Å²) in [4.78, 5) is 39.7. The van der Waals surface area contributed by atoms with Gasteiger partial charge in [-0.15, -0.1) is 0 Å². The van der Waals surface area contributed by atoms with E-state index in [4.69, 9.17) is 0 Å². The third-order valence-corrected chi connectivity index (χ3v) is 5.52. The van der Waals surface area contributed by atoms with Crippen molar-refractivity contribution in [1.29, 1.82) is 0 Å².